The number of hydrogen-bond donors (Lipinski definition) is 1. The van der Waals surface area contributed by atoms with Crippen molar-refractivity contribution in [2.24, 2.45) is 0 Å². The first-order chi connectivity index (χ1) is 24.1. The first-order valence-corrected chi connectivity index (χ1v) is 17.0. The predicted octanol–water partition coefficient (Wildman–Crippen LogP) is 11.8. The van der Waals surface area contributed by atoms with Crippen LogP contribution in [0.3, 0.4) is 0 Å². The molecule has 1 N–H and O–H groups in total. The van der Waals surface area contributed by atoms with E-state index >= 15 is 0 Å². The van der Waals surface area contributed by atoms with Gasteiger partial charge >= 0.3 is 0 Å². The van der Waals surface area contributed by atoms with Crippen molar-refractivity contribution < 1.29 is 4.90 Å². The Morgan fingerprint density at radius 1 is 0.408 bits per heavy atom. The number of nitrogens with zero attached hydrogens (tertiary/aromatic N) is 1. The van der Waals surface area contributed by atoms with Crippen molar-refractivity contribution in [3.63, 3.8) is 0 Å². The lowest BCUT2D eigenvalue weighted by Gasteiger charge is -2.25. The van der Waals surface area contributed by atoms with Crippen molar-refractivity contribution in [3.05, 3.63) is 204 Å². The molecule has 8 rings (SSSR count). The Labute approximate surface area is 289 Å². The second-order valence-corrected chi connectivity index (χ2v) is 13.2. The number of rotatable bonds is 8. The Hall–Kier alpha value is -5.96. The number of anilines is 3. The molecule has 0 bridgehead atoms. The third kappa shape index (κ3) is 5.88. The molecule has 2 nitrogen and oxygen atoms in total. The highest BCUT2D eigenvalue weighted by atomic mass is 15.1. The third-order valence-electron chi connectivity index (χ3n) is 9.76. The summed E-state index contributed by atoms with van der Waals surface area (Å²) in [4.78, 5) is 3.56. The zero-order valence-electron chi connectivity index (χ0n) is 27.9. The summed E-state index contributed by atoms with van der Waals surface area (Å²) in [5, 5.41) is 0. The summed E-state index contributed by atoms with van der Waals surface area (Å²) in [5.74, 6) is 0. The van der Waals surface area contributed by atoms with E-state index in [2.05, 4.69) is 213 Å². The van der Waals surface area contributed by atoms with E-state index in [0.717, 1.165) is 17.1 Å². The van der Waals surface area contributed by atoms with E-state index in [4.69, 9.17) is 0 Å². The minimum absolute atomic E-state index is 0.122. The summed E-state index contributed by atoms with van der Waals surface area (Å²) < 4.78 is 0. The Bertz CT molecular complexity index is 2140. The molecule has 1 aliphatic carbocycles. The highest BCUT2D eigenvalue weighted by Gasteiger charge is 2.37. The van der Waals surface area contributed by atoms with Crippen LogP contribution >= 0.6 is 0 Å². The van der Waals surface area contributed by atoms with Gasteiger partial charge in [-0.3, -0.25) is 0 Å². The molecule has 0 radical (unpaired) electrons. The lowest BCUT2D eigenvalue weighted by atomic mass is 9.81. The van der Waals surface area contributed by atoms with Crippen molar-refractivity contribution in [2.45, 2.75) is 19.3 Å². The lowest BCUT2D eigenvalue weighted by Crippen LogP contribution is -2.96. The number of quaternary nitrogens is 1. The van der Waals surface area contributed by atoms with Crippen LogP contribution in [0.5, 0.6) is 0 Å². The quantitative estimate of drug-likeness (QED) is 0.164. The SMILES string of the molecule is CC1(C)c2cc(/C=C/c3ccc(N(c4ccccc4)c4ccccc4)cc3)ccc2-c2ccc([NH+](c3ccccc3)c3ccccc3)cc21. The van der Waals surface area contributed by atoms with Gasteiger partial charge in [0.2, 0.25) is 0 Å². The van der Waals surface area contributed by atoms with Gasteiger partial charge in [0.1, 0.15) is 17.1 Å². The monoisotopic (exact) mass is 631 g/mol. The summed E-state index contributed by atoms with van der Waals surface area (Å²) in [5.41, 5.74) is 14.8. The van der Waals surface area contributed by atoms with Crippen LogP contribution in [0.25, 0.3) is 23.3 Å². The van der Waals surface area contributed by atoms with Gasteiger partial charge in [0.25, 0.3) is 0 Å². The number of fused-ring (bicyclic) bond motifs is 3. The predicted molar refractivity (Wildman–Crippen MR) is 207 cm³/mol. The van der Waals surface area contributed by atoms with Gasteiger partial charge in [0.15, 0.2) is 0 Å². The third-order valence-corrected chi connectivity index (χ3v) is 9.76. The van der Waals surface area contributed by atoms with Crippen molar-refractivity contribution in [2.75, 3.05) is 4.90 Å². The molecule has 236 valence electrons. The summed E-state index contributed by atoms with van der Waals surface area (Å²) >= 11 is 0. The number of para-hydroxylation sites is 4. The van der Waals surface area contributed by atoms with Gasteiger partial charge in [-0.1, -0.05) is 129 Å². The molecule has 0 aromatic heterocycles. The van der Waals surface area contributed by atoms with Crippen molar-refractivity contribution in [3.8, 4) is 11.1 Å². The van der Waals surface area contributed by atoms with Crippen molar-refractivity contribution >= 4 is 46.3 Å². The molecule has 1 aliphatic rings. The van der Waals surface area contributed by atoms with Crippen LogP contribution in [-0.2, 0) is 5.41 Å². The lowest BCUT2D eigenvalue weighted by molar-refractivity contribution is -0.681. The Balaban J connectivity index is 1.07. The Morgan fingerprint density at radius 2 is 0.837 bits per heavy atom. The fraction of sp³-hybridized carbons (Fsp3) is 0.0638. The van der Waals surface area contributed by atoms with Gasteiger partial charge in [-0.25, -0.2) is 4.90 Å². The fourth-order valence-corrected chi connectivity index (χ4v) is 7.25. The van der Waals surface area contributed by atoms with Crippen LogP contribution in [0, 0.1) is 0 Å². The maximum Gasteiger partial charge on any atom is 0.141 e. The Kier molecular flexibility index (Phi) is 8.01. The molecular formula is C47H39N2+. The molecule has 49 heavy (non-hydrogen) atoms. The van der Waals surface area contributed by atoms with Crippen LogP contribution in [0.4, 0.5) is 34.1 Å². The molecule has 7 aromatic carbocycles. The first-order valence-electron chi connectivity index (χ1n) is 17.0. The molecule has 7 aromatic rings. The van der Waals surface area contributed by atoms with Crippen LogP contribution in [0.15, 0.2) is 182 Å². The van der Waals surface area contributed by atoms with E-state index in [1.165, 1.54) is 55.3 Å². The van der Waals surface area contributed by atoms with Crippen LogP contribution in [-0.4, -0.2) is 0 Å². The summed E-state index contributed by atoms with van der Waals surface area (Å²) in [6.07, 6.45) is 4.46. The molecule has 2 heteroatoms. The van der Waals surface area contributed by atoms with E-state index in [1.54, 1.807) is 0 Å². The molecule has 0 aliphatic heterocycles. The normalized spacial score (nSPS) is 13.0. The minimum atomic E-state index is -0.122. The zero-order valence-corrected chi connectivity index (χ0v) is 27.9. The van der Waals surface area contributed by atoms with E-state index < -0.39 is 0 Å². The number of hydrogen-bond acceptors (Lipinski definition) is 1. The average Bonchev–Trinajstić information content (AvgIpc) is 3.38. The summed E-state index contributed by atoms with van der Waals surface area (Å²) in [7, 11) is 0. The fourth-order valence-electron chi connectivity index (χ4n) is 7.25. The van der Waals surface area contributed by atoms with Gasteiger partial charge in [-0.2, -0.15) is 0 Å². The molecular weight excluding hydrogens is 593 g/mol. The maximum atomic E-state index is 2.43. The van der Waals surface area contributed by atoms with E-state index in [0.29, 0.717) is 0 Å². The van der Waals surface area contributed by atoms with Crippen LogP contribution < -0.4 is 9.80 Å². The second-order valence-electron chi connectivity index (χ2n) is 13.2. The topological polar surface area (TPSA) is 7.68 Å². The van der Waals surface area contributed by atoms with Gasteiger partial charge in [0, 0.05) is 34.6 Å². The Morgan fingerprint density at radius 3 is 1.39 bits per heavy atom. The maximum absolute atomic E-state index is 2.43. The molecule has 0 atom stereocenters. The van der Waals surface area contributed by atoms with Crippen LogP contribution in [0.2, 0.25) is 0 Å². The average molecular weight is 632 g/mol. The largest absolute Gasteiger partial charge is 0.311 e. The molecule has 0 saturated carbocycles. The molecule has 0 fully saturated rings. The van der Waals surface area contributed by atoms with Gasteiger partial charge in [-0.15, -0.1) is 0 Å². The number of nitrogens with one attached hydrogen (secondary N) is 1. The highest BCUT2D eigenvalue weighted by molar-refractivity contribution is 5.84. The molecule has 0 spiro atoms. The molecule has 0 amide bonds. The zero-order chi connectivity index (χ0) is 33.2. The smallest absolute Gasteiger partial charge is 0.141 e. The standard InChI is InChI=1S/C47H38N2/c1-47(2)45-33-36(24-23-35-25-28-41(29-26-35)48(37-15-7-3-8-16-37)38-17-9-4-10-18-38)27-31-43(45)44-32-30-42(34-46(44)47)49(39-19-11-5-12-20-39)40-21-13-6-14-22-40/h3-34H,1-2H3/p+1/b24-23+. The first kappa shape index (κ1) is 30.4. The number of benzene rings is 7. The van der Waals surface area contributed by atoms with Crippen molar-refractivity contribution in [1.29, 1.82) is 0 Å². The van der Waals surface area contributed by atoms with E-state index in [-0.39, 0.29) is 5.41 Å². The van der Waals surface area contributed by atoms with E-state index in [9.17, 15) is 0 Å². The minimum Gasteiger partial charge on any atom is -0.311 e. The van der Waals surface area contributed by atoms with Gasteiger partial charge in [0.05, 0.1) is 0 Å². The van der Waals surface area contributed by atoms with E-state index in [1.807, 2.05) is 0 Å². The highest BCUT2D eigenvalue weighted by Crippen LogP contribution is 2.49. The second kappa shape index (κ2) is 12.9. The molecule has 0 heterocycles. The van der Waals surface area contributed by atoms with Crippen molar-refractivity contribution in [1.82, 2.24) is 0 Å². The van der Waals surface area contributed by atoms with Gasteiger partial charge < -0.3 is 4.90 Å². The molecule has 0 saturated heterocycles. The summed E-state index contributed by atoms with van der Waals surface area (Å²) in [6.45, 7) is 4.73. The summed E-state index contributed by atoms with van der Waals surface area (Å²) in [6, 6.07) is 65.4. The van der Waals surface area contributed by atoms with Crippen LogP contribution in [0.1, 0.15) is 36.1 Å². The molecule has 0 unspecified atom stereocenters. The van der Waals surface area contributed by atoms with Gasteiger partial charge in [-0.05, 0) is 100 Å².